The molecule has 21 heavy (non-hydrogen) atoms. The lowest BCUT2D eigenvalue weighted by molar-refractivity contribution is -0.274. The lowest BCUT2D eigenvalue weighted by Crippen LogP contribution is -2.17. The summed E-state index contributed by atoms with van der Waals surface area (Å²) in [4.78, 5) is 0. The van der Waals surface area contributed by atoms with Gasteiger partial charge in [0.2, 0.25) is 0 Å². The van der Waals surface area contributed by atoms with Gasteiger partial charge in [0.1, 0.15) is 11.6 Å². The van der Waals surface area contributed by atoms with Crippen LogP contribution in [0.2, 0.25) is 15.1 Å². The summed E-state index contributed by atoms with van der Waals surface area (Å²) >= 11 is 17.7. The van der Waals surface area contributed by atoms with Crippen molar-refractivity contribution in [1.82, 2.24) is 0 Å². The molecule has 0 N–H and O–H groups in total. The molecule has 0 amide bonds. The van der Waals surface area contributed by atoms with Crippen LogP contribution >= 0.6 is 34.8 Å². The highest BCUT2D eigenvalue weighted by Crippen LogP contribution is 2.41. The molecule has 0 aliphatic heterocycles. The van der Waals surface area contributed by atoms with Crippen LogP contribution in [-0.4, -0.2) is 6.36 Å². The van der Waals surface area contributed by atoms with E-state index in [1.807, 2.05) is 0 Å². The van der Waals surface area contributed by atoms with E-state index in [1.165, 1.54) is 12.1 Å². The van der Waals surface area contributed by atoms with E-state index in [1.54, 1.807) is 0 Å². The smallest absolute Gasteiger partial charge is 0.406 e. The molecule has 2 aromatic carbocycles. The Morgan fingerprint density at radius 1 is 0.905 bits per heavy atom. The van der Waals surface area contributed by atoms with Crippen LogP contribution in [0.4, 0.5) is 17.6 Å². The van der Waals surface area contributed by atoms with Crippen LogP contribution in [0.5, 0.6) is 5.75 Å². The van der Waals surface area contributed by atoms with E-state index in [9.17, 15) is 17.6 Å². The predicted molar refractivity (Wildman–Crippen MR) is 73.5 cm³/mol. The number of rotatable bonds is 2. The Morgan fingerprint density at radius 2 is 1.52 bits per heavy atom. The molecule has 0 unspecified atom stereocenters. The third-order valence-electron chi connectivity index (χ3n) is 2.48. The second-order valence-corrected chi connectivity index (χ2v) is 5.10. The van der Waals surface area contributed by atoms with E-state index in [2.05, 4.69) is 4.74 Å². The highest BCUT2D eigenvalue weighted by molar-refractivity contribution is 6.46. The first-order chi connectivity index (χ1) is 9.69. The van der Waals surface area contributed by atoms with Crippen molar-refractivity contribution in [2.45, 2.75) is 6.36 Å². The highest BCUT2D eigenvalue weighted by Gasteiger charge is 2.31. The SMILES string of the molecule is Fc1ccc(OC(F)(F)F)cc1-c1c(Cl)ccc(Cl)c1Cl. The molecule has 8 heteroatoms. The molecule has 2 rings (SSSR count). The van der Waals surface area contributed by atoms with E-state index in [-0.39, 0.29) is 26.2 Å². The molecule has 1 nitrogen and oxygen atoms in total. The molecule has 0 radical (unpaired) electrons. The Balaban J connectivity index is 2.59. The third kappa shape index (κ3) is 3.73. The summed E-state index contributed by atoms with van der Waals surface area (Å²) in [6.45, 7) is 0. The van der Waals surface area contributed by atoms with Crippen LogP contribution in [0, 0.1) is 5.82 Å². The summed E-state index contributed by atoms with van der Waals surface area (Å²) in [7, 11) is 0. The van der Waals surface area contributed by atoms with Gasteiger partial charge in [0, 0.05) is 11.1 Å². The quantitative estimate of drug-likeness (QED) is 0.448. The average molecular weight is 360 g/mol. The molecule has 0 aliphatic rings. The Hall–Kier alpha value is -1.17. The maximum atomic E-state index is 13.9. The Labute approximate surface area is 132 Å². The highest BCUT2D eigenvalue weighted by atomic mass is 35.5. The van der Waals surface area contributed by atoms with Gasteiger partial charge in [-0.15, -0.1) is 13.2 Å². The molecule has 112 valence electrons. The van der Waals surface area contributed by atoms with Gasteiger partial charge in [-0.1, -0.05) is 34.8 Å². The molecule has 0 bridgehead atoms. The standard InChI is InChI=1S/C13H5Cl3F4O/c14-8-2-3-9(15)12(16)11(8)7-5-6(1-4-10(7)17)21-13(18,19)20/h1-5H. The molecule has 0 heterocycles. The fourth-order valence-electron chi connectivity index (χ4n) is 1.67. The summed E-state index contributed by atoms with van der Waals surface area (Å²) in [5.41, 5.74) is -0.245. The maximum absolute atomic E-state index is 13.9. The number of alkyl halides is 3. The largest absolute Gasteiger partial charge is 0.573 e. The second kappa shape index (κ2) is 5.91. The van der Waals surface area contributed by atoms with Gasteiger partial charge < -0.3 is 4.74 Å². The number of benzene rings is 2. The molecule has 0 aliphatic carbocycles. The predicted octanol–water partition coefficient (Wildman–Crippen LogP) is 6.35. The zero-order valence-corrected chi connectivity index (χ0v) is 12.2. The molecule has 0 fully saturated rings. The monoisotopic (exact) mass is 358 g/mol. The third-order valence-corrected chi connectivity index (χ3v) is 3.60. The van der Waals surface area contributed by atoms with Crippen molar-refractivity contribution in [3.63, 3.8) is 0 Å². The number of ether oxygens (including phenoxy) is 1. The minimum Gasteiger partial charge on any atom is -0.406 e. The van der Waals surface area contributed by atoms with Crippen LogP contribution in [0.15, 0.2) is 30.3 Å². The lowest BCUT2D eigenvalue weighted by atomic mass is 10.0. The van der Waals surface area contributed by atoms with Gasteiger partial charge in [-0.2, -0.15) is 0 Å². The van der Waals surface area contributed by atoms with E-state index < -0.39 is 17.9 Å². The molecule has 0 spiro atoms. The Morgan fingerprint density at radius 3 is 2.14 bits per heavy atom. The van der Waals surface area contributed by atoms with Crippen LogP contribution in [0.3, 0.4) is 0 Å². The van der Waals surface area contributed by atoms with E-state index in [4.69, 9.17) is 34.8 Å². The number of hydrogen-bond donors (Lipinski definition) is 0. The van der Waals surface area contributed by atoms with Crippen molar-refractivity contribution in [3.05, 3.63) is 51.2 Å². The Bertz CT molecular complexity index is 686. The Kier molecular flexibility index (Phi) is 4.56. The van der Waals surface area contributed by atoms with Crippen molar-refractivity contribution >= 4 is 34.8 Å². The first-order valence-corrected chi connectivity index (χ1v) is 6.51. The van der Waals surface area contributed by atoms with Crippen LogP contribution in [-0.2, 0) is 0 Å². The van der Waals surface area contributed by atoms with Crippen molar-refractivity contribution in [2.75, 3.05) is 0 Å². The summed E-state index contributed by atoms with van der Waals surface area (Å²) < 4.78 is 54.3. The van der Waals surface area contributed by atoms with Gasteiger partial charge in [-0.05, 0) is 30.3 Å². The second-order valence-electron chi connectivity index (χ2n) is 3.91. The molecule has 0 saturated heterocycles. The summed E-state index contributed by atoms with van der Waals surface area (Å²) in [6, 6.07) is 5.28. The van der Waals surface area contributed by atoms with Gasteiger partial charge >= 0.3 is 6.36 Å². The number of halogens is 7. The average Bonchev–Trinajstić information content (AvgIpc) is 2.36. The minimum absolute atomic E-state index is 0.00374. The van der Waals surface area contributed by atoms with Crippen molar-refractivity contribution < 1.29 is 22.3 Å². The molecule has 0 atom stereocenters. The normalized spacial score (nSPS) is 11.6. The minimum atomic E-state index is -4.89. The van der Waals surface area contributed by atoms with Gasteiger partial charge in [-0.3, -0.25) is 0 Å². The lowest BCUT2D eigenvalue weighted by Gasteiger charge is -2.13. The van der Waals surface area contributed by atoms with Crippen LogP contribution in [0.1, 0.15) is 0 Å². The van der Waals surface area contributed by atoms with E-state index >= 15 is 0 Å². The zero-order chi connectivity index (χ0) is 15.8. The van der Waals surface area contributed by atoms with Crippen molar-refractivity contribution in [2.24, 2.45) is 0 Å². The van der Waals surface area contributed by atoms with Gasteiger partial charge in [0.15, 0.2) is 0 Å². The fraction of sp³-hybridized carbons (Fsp3) is 0.0769. The summed E-state index contributed by atoms with van der Waals surface area (Å²) in [5, 5.41) is 0.0808. The first kappa shape index (κ1) is 16.2. The fourth-order valence-corrected chi connectivity index (χ4v) is 2.40. The topological polar surface area (TPSA) is 9.23 Å². The molecular weight excluding hydrogens is 354 g/mol. The molecular formula is C13H5Cl3F4O. The zero-order valence-electron chi connectivity index (χ0n) is 9.94. The maximum Gasteiger partial charge on any atom is 0.573 e. The van der Waals surface area contributed by atoms with Gasteiger partial charge in [0.05, 0.1) is 15.1 Å². The van der Waals surface area contributed by atoms with Crippen LogP contribution < -0.4 is 4.74 Å². The van der Waals surface area contributed by atoms with Crippen molar-refractivity contribution in [1.29, 1.82) is 0 Å². The summed E-state index contributed by atoms with van der Waals surface area (Å²) in [6.07, 6.45) is -4.89. The van der Waals surface area contributed by atoms with Gasteiger partial charge in [-0.25, -0.2) is 4.39 Å². The molecule has 0 saturated carbocycles. The first-order valence-electron chi connectivity index (χ1n) is 5.38. The van der Waals surface area contributed by atoms with E-state index in [0.717, 1.165) is 18.2 Å². The molecule has 2 aromatic rings. The molecule has 0 aromatic heterocycles. The van der Waals surface area contributed by atoms with Gasteiger partial charge in [0.25, 0.3) is 0 Å². The van der Waals surface area contributed by atoms with E-state index in [0.29, 0.717) is 0 Å². The van der Waals surface area contributed by atoms with Crippen LogP contribution in [0.25, 0.3) is 11.1 Å². The van der Waals surface area contributed by atoms with Crippen molar-refractivity contribution in [3.8, 4) is 16.9 Å². The summed E-state index contributed by atoms with van der Waals surface area (Å²) in [5.74, 6) is -1.40. The number of hydrogen-bond acceptors (Lipinski definition) is 1.